The first-order valence-electron chi connectivity index (χ1n) is 10.8. The smallest absolute Gasteiger partial charge is 0.248 e. The summed E-state index contributed by atoms with van der Waals surface area (Å²) in [5.74, 6) is -0.205. The van der Waals surface area contributed by atoms with Gasteiger partial charge in [0.1, 0.15) is 5.75 Å². The van der Waals surface area contributed by atoms with E-state index in [0.29, 0.717) is 19.5 Å². The molecular weight excluding hydrogens is 382 g/mol. The van der Waals surface area contributed by atoms with Crippen LogP contribution in [-0.4, -0.2) is 53.7 Å². The number of hydrogen-bond acceptors (Lipinski definition) is 5. The van der Waals surface area contributed by atoms with E-state index in [9.17, 15) is 9.59 Å². The molecule has 0 radical (unpaired) electrons. The van der Waals surface area contributed by atoms with Crippen LogP contribution in [0.5, 0.6) is 5.75 Å². The van der Waals surface area contributed by atoms with Gasteiger partial charge in [-0.2, -0.15) is 0 Å². The average molecular weight is 414 g/mol. The van der Waals surface area contributed by atoms with Crippen molar-refractivity contribution >= 4 is 17.4 Å². The van der Waals surface area contributed by atoms with Crippen molar-refractivity contribution in [2.45, 2.75) is 51.7 Å². The fraction of sp³-hybridized carbons (Fsp3) is 0.565. The Morgan fingerprint density at radius 3 is 2.57 bits per heavy atom. The van der Waals surface area contributed by atoms with E-state index in [4.69, 9.17) is 9.94 Å². The molecule has 1 aromatic rings. The first-order chi connectivity index (χ1) is 14.4. The molecule has 1 saturated heterocycles. The molecule has 2 heterocycles. The second-order valence-corrected chi connectivity index (χ2v) is 9.10. The van der Waals surface area contributed by atoms with Gasteiger partial charge in [0.2, 0.25) is 11.8 Å². The third-order valence-corrected chi connectivity index (χ3v) is 6.54. The molecule has 0 aromatic heterocycles. The van der Waals surface area contributed by atoms with Gasteiger partial charge < -0.3 is 15.0 Å². The minimum absolute atomic E-state index is 0.0601. The number of carbonyl (C=O) groups is 2. The van der Waals surface area contributed by atoms with Gasteiger partial charge in [-0.3, -0.25) is 14.8 Å². The van der Waals surface area contributed by atoms with Crippen LogP contribution in [0.3, 0.4) is 0 Å². The van der Waals surface area contributed by atoms with Crippen molar-refractivity contribution in [1.29, 1.82) is 0 Å². The Morgan fingerprint density at radius 2 is 2.00 bits per heavy atom. The van der Waals surface area contributed by atoms with Crippen LogP contribution >= 0.6 is 0 Å². The van der Waals surface area contributed by atoms with E-state index in [1.807, 2.05) is 26.0 Å². The predicted molar refractivity (Wildman–Crippen MR) is 113 cm³/mol. The van der Waals surface area contributed by atoms with Crippen molar-refractivity contribution in [3.05, 3.63) is 35.9 Å². The van der Waals surface area contributed by atoms with Gasteiger partial charge in [0.05, 0.1) is 18.1 Å². The average Bonchev–Trinajstić information content (AvgIpc) is 3.51. The molecule has 1 spiro atoms. The number of hydroxylamine groups is 1. The Morgan fingerprint density at radius 1 is 1.27 bits per heavy atom. The van der Waals surface area contributed by atoms with Crippen LogP contribution in [0.2, 0.25) is 0 Å². The van der Waals surface area contributed by atoms with Gasteiger partial charge in [0, 0.05) is 19.6 Å². The zero-order chi connectivity index (χ0) is 21.3. The molecule has 162 valence electrons. The molecule has 2 fully saturated rings. The lowest BCUT2D eigenvalue weighted by molar-refractivity contribution is -0.144. The second-order valence-electron chi connectivity index (χ2n) is 9.10. The fourth-order valence-electron chi connectivity index (χ4n) is 4.62. The van der Waals surface area contributed by atoms with Crippen molar-refractivity contribution in [3.8, 4) is 5.75 Å². The first kappa shape index (κ1) is 20.9. The van der Waals surface area contributed by atoms with E-state index < -0.39 is 17.9 Å². The number of nitrogens with zero attached hydrogens (tertiary/aromatic N) is 1. The van der Waals surface area contributed by atoms with Crippen molar-refractivity contribution < 1.29 is 19.5 Å². The topological polar surface area (TPSA) is 90.9 Å². The van der Waals surface area contributed by atoms with Crippen molar-refractivity contribution in [2.24, 2.45) is 11.3 Å². The maximum absolute atomic E-state index is 13.2. The van der Waals surface area contributed by atoms with Gasteiger partial charge in [-0.1, -0.05) is 18.2 Å². The van der Waals surface area contributed by atoms with Crippen LogP contribution in [-0.2, 0) is 9.59 Å². The Balaban J connectivity index is 1.40. The van der Waals surface area contributed by atoms with E-state index >= 15 is 0 Å². The minimum atomic E-state index is -0.578. The summed E-state index contributed by atoms with van der Waals surface area (Å²) < 4.78 is 5.70. The molecule has 30 heavy (non-hydrogen) atoms. The maximum atomic E-state index is 13.2. The Labute approximate surface area is 177 Å². The molecule has 0 bridgehead atoms. The molecule has 3 aliphatic rings. The molecule has 1 aliphatic carbocycles. The Kier molecular flexibility index (Phi) is 5.84. The molecule has 2 aliphatic heterocycles. The highest BCUT2D eigenvalue weighted by molar-refractivity contribution is 5.90. The monoisotopic (exact) mass is 413 g/mol. The Hall–Kier alpha value is -2.38. The van der Waals surface area contributed by atoms with Gasteiger partial charge in [0.15, 0.2) is 0 Å². The van der Waals surface area contributed by atoms with E-state index in [2.05, 4.69) is 23.5 Å². The molecule has 2 amide bonds. The number of benzene rings is 1. The molecule has 1 saturated carbocycles. The molecule has 7 heteroatoms. The number of ether oxygens (including phenoxy) is 1. The number of carbonyl (C=O) groups excluding carboxylic acids is 2. The molecular formula is C23H31N3O4. The third-order valence-electron chi connectivity index (χ3n) is 6.54. The number of hydrogen-bond donors (Lipinski definition) is 3. The first-order valence-corrected chi connectivity index (χ1v) is 10.8. The fourth-order valence-corrected chi connectivity index (χ4v) is 4.62. The lowest BCUT2D eigenvalue weighted by Gasteiger charge is -2.38. The zero-order valence-corrected chi connectivity index (χ0v) is 17.7. The largest absolute Gasteiger partial charge is 0.491 e. The van der Waals surface area contributed by atoms with Gasteiger partial charge in [-0.25, -0.2) is 5.48 Å². The summed E-state index contributed by atoms with van der Waals surface area (Å²) >= 11 is 0. The molecule has 3 N–H and O–H groups in total. The second kappa shape index (κ2) is 8.40. The molecule has 2 atom stereocenters. The van der Waals surface area contributed by atoms with Crippen molar-refractivity contribution in [1.82, 2.24) is 15.7 Å². The molecule has 4 rings (SSSR count). The van der Waals surface area contributed by atoms with Crippen LogP contribution in [0.25, 0.3) is 5.57 Å². The summed E-state index contributed by atoms with van der Waals surface area (Å²) in [7, 11) is 0. The number of rotatable bonds is 5. The van der Waals surface area contributed by atoms with Crippen molar-refractivity contribution in [2.75, 3.05) is 19.6 Å². The summed E-state index contributed by atoms with van der Waals surface area (Å²) in [6.45, 7) is 5.91. The van der Waals surface area contributed by atoms with Gasteiger partial charge >= 0.3 is 0 Å². The van der Waals surface area contributed by atoms with Gasteiger partial charge in [0.25, 0.3) is 0 Å². The Bertz CT molecular complexity index is 829. The van der Waals surface area contributed by atoms with E-state index in [-0.39, 0.29) is 17.4 Å². The summed E-state index contributed by atoms with van der Waals surface area (Å²) in [6.07, 6.45) is 5.81. The highest BCUT2D eigenvalue weighted by Crippen LogP contribution is 2.52. The number of nitrogens with one attached hydrogen (secondary N) is 2. The van der Waals surface area contributed by atoms with Crippen molar-refractivity contribution in [3.63, 3.8) is 0 Å². The predicted octanol–water partition coefficient (Wildman–Crippen LogP) is 2.35. The van der Waals surface area contributed by atoms with Crippen LogP contribution in [0.4, 0.5) is 0 Å². The van der Waals surface area contributed by atoms with E-state index in [0.717, 1.165) is 37.1 Å². The quantitative estimate of drug-likeness (QED) is 0.509. The standard InChI is InChI=1S/C23H31N3O4/c1-15(2)30-18-5-3-16(4-6-18)17-7-11-26(12-8-17)22(28)20-19(21(27)25-29)13-23(9-10-23)14-24-20/h3-7,15,19-20,24,29H,8-14H2,1-2H3,(H,25,27). The highest BCUT2D eigenvalue weighted by atomic mass is 16.5. The normalized spacial score (nSPS) is 25.1. The summed E-state index contributed by atoms with van der Waals surface area (Å²) in [5, 5.41) is 12.4. The minimum Gasteiger partial charge on any atom is -0.491 e. The molecule has 2 unspecified atom stereocenters. The van der Waals surface area contributed by atoms with Gasteiger partial charge in [-0.05, 0) is 68.2 Å². The van der Waals surface area contributed by atoms with E-state index in [1.54, 1.807) is 10.4 Å². The summed E-state index contributed by atoms with van der Waals surface area (Å²) in [6, 6.07) is 7.49. The van der Waals surface area contributed by atoms with Crippen LogP contribution in [0, 0.1) is 11.3 Å². The summed E-state index contributed by atoms with van der Waals surface area (Å²) in [4.78, 5) is 27.2. The number of amides is 2. The number of piperidine rings is 1. The van der Waals surface area contributed by atoms with E-state index in [1.165, 1.54) is 5.57 Å². The van der Waals surface area contributed by atoms with Gasteiger partial charge in [-0.15, -0.1) is 0 Å². The van der Waals surface area contributed by atoms with Crippen LogP contribution < -0.4 is 15.5 Å². The maximum Gasteiger partial charge on any atom is 0.248 e. The SMILES string of the molecule is CC(C)Oc1ccc(C2=CCN(C(=O)C3NCC4(CC4)CC3C(=O)NO)CC2)cc1. The lowest BCUT2D eigenvalue weighted by atomic mass is 9.81. The zero-order valence-electron chi connectivity index (χ0n) is 17.7. The molecule has 1 aromatic carbocycles. The molecule has 7 nitrogen and oxygen atoms in total. The van der Waals surface area contributed by atoms with Crippen LogP contribution in [0.15, 0.2) is 30.3 Å². The third kappa shape index (κ3) is 4.37. The lowest BCUT2D eigenvalue weighted by Crippen LogP contribution is -2.59. The highest BCUT2D eigenvalue weighted by Gasteiger charge is 2.52. The van der Waals surface area contributed by atoms with Crippen LogP contribution in [0.1, 0.15) is 45.1 Å². The summed E-state index contributed by atoms with van der Waals surface area (Å²) in [5.41, 5.74) is 4.25.